The first-order valence-corrected chi connectivity index (χ1v) is 7.45. The van der Waals surface area contributed by atoms with E-state index in [0.717, 1.165) is 38.6 Å². The zero-order chi connectivity index (χ0) is 12.6. The van der Waals surface area contributed by atoms with Gasteiger partial charge >= 0.3 is 0 Å². The lowest BCUT2D eigenvalue weighted by molar-refractivity contribution is 0.131. The Bertz CT molecular complexity index is 191. The molecule has 1 aliphatic rings. The Labute approximate surface area is 108 Å². The van der Waals surface area contributed by atoms with Crippen LogP contribution < -0.4 is 5.32 Å². The number of hydrogen-bond donors (Lipinski definition) is 1. The van der Waals surface area contributed by atoms with Gasteiger partial charge in [0.1, 0.15) is 0 Å². The average Bonchev–Trinajstić information content (AvgIpc) is 2.45. The van der Waals surface area contributed by atoms with E-state index in [1.807, 2.05) is 0 Å². The summed E-state index contributed by atoms with van der Waals surface area (Å²) < 4.78 is 5.49. The lowest BCUT2D eigenvalue weighted by atomic mass is 9.85. The van der Waals surface area contributed by atoms with Crippen LogP contribution in [-0.4, -0.2) is 25.8 Å². The minimum Gasteiger partial charge on any atom is -0.381 e. The maximum atomic E-state index is 5.49. The van der Waals surface area contributed by atoms with Gasteiger partial charge in [-0.1, -0.05) is 27.2 Å². The van der Waals surface area contributed by atoms with Crippen molar-refractivity contribution in [1.82, 2.24) is 5.32 Å². The van der Waals surface area contributed by atoms with Crippen LogP contribution in [0.2, 0.25) is 0 Å². The van der Waals surface area contributed by atoms with Gasteiger partial charge in [-0.2, -0.15) is 0 Å². The van der Waals surface area contributed by atoms with Gasteiger partial charge in [0.25, 0.3) is 0 Å². The van der Waals surface area contributed by atoms with Crippen LogP contribution in [0.3, 0.4) is 0 Å². The van der Waals surface area contributed by atoms with E-state index >= 15 is 0 Å². The van der Waals surface area contributed by atoms with Crippen LogP contribution >= 0.6 is 0 Å². The van der Waals surface area contributed by atoms with Crippen molar-refractivity contribution in [3.8, 4) is 0 Å². The predicted octanol–water partition coefficient (Wildman–Crippen LogP) is 3.75. The van der Waals surface area contributed by atoms with Crippen molar-refractivity contribution >= 4 is 0 Å². The Morgan fingerprint density at radius 2 is 2.00 bits per heavy atom. The molecular formula is C15H31NO. The highest BCUT2D eigenvalue weighted by atomic mass is 16.5. The zero-order valence-corrected chi connectivity index (χ0v) is 12.1. The molecule has 1 rings (SSSR count). The van der Waals surface area contributed by atoms with Crippen molar-refractivity contribution in [3.05, 3.63) is 0 Å². The molecule has 0 bridgehead atoms. The smallest absolute Gasteiger partial charge is 0.0478 e. The van der Waals surface area contributed by atoms with E-state index in [2.05, 4.69) is 26.1 Å². The summed E-state index contributed by atoms with van der Waals surface area (Å²) in [6.45, 7) is 9.93. The highest BCUT2D eigenvalue weighted by Crippen LogP contribution is 2.33. The summed E-state index contributed by atoms with van der Waals surface area (Å²) in [5.74, 6) is 0. The molecule has 0 aromatic heterocycles. The SMILES string of the molecule is CCCOCCCNC1CCCC(C)(C)CC1. The fourth-order valence-electron chi connectivity index (χ4n) is 2.59. The monoisotopic (exact) mass is 241 g/mol. The van der Waals surface area contributed by atoms with Gasteiger partial charge in [0.2, 0.25) is 0 Å². The van der Waals surface area contributed by atoms with Gasteiger partial charge in [-0.25, -0.2) is 0 Å². The standard InChI is InChI=1S/C15H31NO/c1-4-12-17-13-6-11-16-14-7-5-9-15(2,3)10-8-14/h14,16H,4-13H2,1-3H3. The van der Waals surface area contributed by atoms with Crippen LogP contribution in [-0.2, 0) is 4.74 Å². The van der Waals surface area contributed by atoms with Gasteiger partial charge in [-0.05, 0) is 50.5 Å². The topological polar surface area (TPSA) is 21.3 Å². The Hall–Kier alpha value is -0.0800. The van der Waals surface area contributed by atoms with E-state index in [1.54, 1.807) is 0 Å². The fourth-order valence-corrected chi connectivity index (χ4v) is 2.59. The van der Waals surface area contributed by atoms with Gasteiger partial charge in [0.15, 0.2) is 0 Å². The quantitative estimate of drug-likeness (QED) is 0.541. The van der Waals surface area contributed by atoms with Gasteiger partial charge in [0, 0.05) is 19.3 Å². The fraction of sp³-hybridized carbons (Fsp3) is 1.00. The van der Waals surface area contributed by atoms with Crippen molar-refractivity contribution in [3.63, 3.8) is 0 Å². The van der Waals surface area contributed by atoms with Crippen LogP contribution in [0.15, 0.2) is 0 Å². The van der Waals surface area contributed by atoms with E-state index in [4.69, 9.17) is 4.74 Å². The van der Waals surface area contributed by atoms with Crippen LogP contribution in [0.25, 0.3) is 0 Å². The zero-order valence-electron chi connectivity index (χ0n) is 12.1. The molecule has 0 radical (unpaired) electrons. The van der Waals surface area contributed by atoms with Gasteiger partial charge in [-0.3, -0.25) is 0 Å². The first kappa shape index (κ1) is 15.0. The molecule has 1 unspecified atom stereocenters. The maximum absolute atomic E-state index is 5.49. The molecule has 0 aromatic carbocycles. The molecule has 0 saturated heterocycles. The summed E-state index contributed by atoms with van der Waals surface area (Å²) in [5.41, 5.74) is 0.570. The molecule has 1 N–H and O–H groups in total. The van der Waals surface area contributed by atoms with E-state index in [-0.39, 0.29) is 0 Å². The molecule has 2 nitrogen and oxygen atoms in total. The second-order valence-electron chi connectivity index (χ2n) is 6.21. The molecule has 1 aliphatic carbocycles. The molecule has 0 aromatic rings. The Morgan fingerprint density at radius 3 is 2.76 bits per heavy atom. The third-order valence-electron chi connectivity index (χ3n) is 3.82. The molecule has 2 heteroatoms. The minimum absolute atomic E-state index is 0.570. The Kier molecular flexibility index (Phi) is 7.14. The second kappa shape index (κ2) is 8.10. The molecule has 1 saturated carbocycles. The summed E-state index contributed by atoms with van der Waals surface area (Å²) >= 11 is 0. The molecule has 1 atom stereocenters. The van der Waals surface area contributed by atoms with E-state index < -0.39 is 0 Å². The number of nitrogens with one attached hydrogen (secondary N) is 1. The third-order valence-corrected chi connectivity index (χ3v) is 3.82. The van der Waals surface area contributed by atoms with E-state index in [9.17, 15) is 0 Å². The number of rotatable bonds is 7. The Balaban J connectivity index is 2.03. The molecular weight excluding hydrogens is 210 g/mol. The number of hydrogen-bond acceptors (Lipinski definition) is 2. The van der Waals surface area contributed by atoms with Crippen molar-refractivity contribution in [2.24, 2.45) is 5.41 Å². The molecule has 0 spiro atoms. The van der Waals surface area contributed by atoms with Gasteiger partial charge < -0.3 is 10.1 Å². The summed E-state index contributed by atoms with van der Waals surface area (Å²) in [4.78, 5) is 0. The average molecular weight is 241 g/mol. The summed E-state index contributed by atoms with van der Waals surface area (Å²) in [7, 11) is 0. The summed E-state index contributed by atoms with van der Waals surface area (Å²) in [6.07, 6.45) is 9.14. The molecule has 0 heterocycles. The van der Waals surface area contributed by atoms with Crippen LogP contribution in [0.1, 0.15) is 65.7 Å². The van der Waals surface area contributed by atoms with Crippen molar-refractivity contribution in [2.75, 3.05) is 19.8 Å². The first-order chi connectivity index (χ1) is 8.14. The van der Waals surface area contributed by atoms with Crippen LogP contribution in [0.4, 0.5) is 0 Å². The molecule has 0 amide bonds. The van der Waals surface area contributed by atoms with E-state index in [0.29, 0.717) is 5.41 Å². The van der Waals surface area contributed by atoms with Crippen molar-refractivity contribution in [1.29, 1.82) is 0 Å². The van der Waals surface area contributed by atoms with Gasteiger partial charge in [0.05, 0.1) is 0 Å². The van der Waals surface area contributed by atoms with Crippen molar-refractivity contribution in [2.45, 2.75) is 71.8 Å². The highest BCUT2D eigenvalue weighted by molar-refractivity contribution is 4.79. The summed E-state index contributed by atoms with van der Waals surface area (Å²) in [5, 5.41) is 3.70. The lowest BCUT2D eigenvalue weighted by Crippen LogP contribution is -2.30. The highest BCUT2D eigenvalue weighted by Gasteiger charge is 2.23. The summed E-state index contributed by atoms with van der Waals surface area (Å²) in [6, 6.07) is 0.753. The van der Waals surface area contributed by atoms with Crippen LogP contribution in [0.5, 0.6) is 0 Å². The molecule has 0 aliphatic heterocycles. The minimum atomic E-state index is 0.570. The maximum Gasteiger partial charge on any atom is 0.0478 e. The van der Waals surface area contributed by atoms with E-state index in [1.165, 1.54) is 32.1 Å². The normalized spacial score (nSPS) is 24.5. The Morgan fingerprint density at radius 1 is 1.18 bits per heavy atom. The second-order valence-corrected chi connectivity index (χ2v) is 6.21. The third kappa shape index (κ3) is 7.05. The number of ether oxygens (including phenoxy) is 1. The molecule has 102 valence electrons. The van der Waals surface area contributed by atoms with Gasteiger partial charge in [-0.15, -0.1) is 0 Å². The van der Waals surface area contributed by atoms with Crippen molar-refractivity contribution < 1.29 is 4.74 Å². The molecule has 17 heavy (non-hydrogen) atoms. The molecule has 1 fully saturated rings. The largest absolute Gasteiger partial charge is 0.381 e. The predicted molar refractivity (Wildman–Crippen MR) is 74.4 cm³/mol. The lowest BCUT2D eigenvalue weighted by Gasteiger charge is -2.22. The van der Waals surface area contributed by atoms with Crippen LogP contribution in [0, 0.1) is 5.41 Å². The first-order valence-electron chi connectivity index (χ1n) is 7.45.